The Morgan fingerprint density at radius 3 is 3.00 bits per heavy atom. The highest BCUT2D eigenvalue weighted by atomic mass is 32.1. The Morgan fingerprint density at radius 1 is 1.70 bits per heavy atom. The number of nitrogens with one attached hydrogen (secondary N) is 1. The molecule has 3 heteroatoms. The summed E-state index contributed by atoms with van der Waals surface area (Å²) < 4.78 is 0. The summed E-state index contributed by atoms with van der Waals surface area (Å²) in [5.74, 6) is 0.163. The van der Waals surface area contributed by atoms with Gasteiger partial charge in [0.25, 0.3) is 0 Å². The number of hydrogen-bond donors (Lipinski definition) is 1. The van der Waals surface area contributed by atoms with Gasteiger partial charge in [0.15, 0.2) is 0 Å². The van der Waals surface area contributed by atoms with Crippen LogP contribution < -0.4 is 5.32 Å². The van der Waals surface area contributed by atoms with Crippen molar-refractivity contribution in [2.75, 3.05) is 0 Å². The van der Waals surface area contributed by atoms with Crippen molar-refractivity contribution < 1.29 is 4.79 Å². The van der Waals surface area contributed by atoms with Crippen molar-refractivity contribution in [3.63, 3.8) is 0 Å². The molecule has 0 aliphatic carbocycles. The minimum absolute atomic E-state index is 0.163. The molecule has 1 saturated heterocycles. The van der Waals surface area contributed by atoms with Crippen LogP contribution >= 0.6 is 11.3 Å². The molecule has 1 atom stereocenters. The van der Waals surface area contributed by atoms with Crippen LogP contribution in [0.15, 0.2) is 16.8 Å². The molecule has 0 bridgehead atoms. The van der Waals surface area contributed by atoms with Gasteiger partial charge in [-0.05, 0) is 22.4 Å². The highest BCUT2D eigenvalue weighted by Crippen LogP contribution is 2.24. The van der Waals surface area contributed by atoms with Crippen LogP contribution in [-0.4, -0.2) is 5.91 Å². The van der Waals surface area contributed by atoms with Crippen LogP contribution in [0, 0.1) is 0 Å². The molecule has 1 aliphatic rings. The Labute approximate surface area is 62.9 Å². The quantitative estimate of drug-likeness (QED) is 0.605. The van der Waals surface area contributed by atoms with E-state index in [9.17, 15) is 4.79 Å². The monoisotopic (exact) mass is 153 g/mol. The zero-order valence-corrected chi connectivity index (χ0v) is 6.15. The lowest BCUT2D eigenvalue weighted by Crippen LogP contribution is -2.41. The molecule has 0 radical (unpaired) electrons. The molecule has 2 heterocycles. The van der Waals surface area contributed by atoms with Gasteiger partial charge in [-0.1, -0.05) is 0 Å². The first-order chi connectivity index (χ1) is 4.86. The topological polar surface area (TPSA) is 29.1 Å². The molecule has 2 rings (SSSR count). The van der Waals surface area contributed by atoms with Gasteiger partial charge in [-0.2, -0.15) is 11.3 Å². The average molecular weight is 153 g/mol. The number of thiophene rings is 1. The predicted octanol–water partition coefficient (Wildman–Crippen LogP) is 1.31. The fourth-order valence-corrected chi connectivity index (χ4v) is 1.75. The Hall–Kier alpha value is -0.830. The molecule has 1 N–H and O–H groups in total. The maximum absolute atomic E-state index is 10.5. The van der Waals surface area contributed by atoms with Gasteiger partial charge in [0.2, 0.25) is 5.91 Å². The van der Waals surface area contributed by atoms with E-state index in [0.29, 0.717) is 12.5 Å². The van der Waals surface area contributed by atoms with Gasteiger partial charge in [0.05, 0.1) is 12.5 Å². The first kappa shape index (κ1) is 5.92. The molecule has 0 saturated carbocycles. The van der Waals surface area contributed by atoms with Gasteiger partial charge < -0.3 is 5.32 Å². The Kier molecular flexibility index (Phi) is 1.24. The van der Waals surface area contributed by atoms with E-state index in [1.165, 1.54) is 5.56 Å². The Morgan fingerprint density at radius 2 is 2.50 bits per heavy atom. The van der Waals surface area contributed by atoms with Gasteiger partial charge in [0.1, 0.15) is 0 Å². The molecule has 1 fully saturated rings. The fraction of sp³-hybridized carbons (Fsp3) is 0.286. The van der Waals surface area contributed by atoms with Gasteiger partial charge >= 0.3 is 0 Å². The van der Waals surface area contributed by atoms with Crippen molar-refractivity contribution in [3.05, 3.63) is 22.4 Å². The molecule has 2 nitrogen and oxygen atoms in total. The van der Waals surface area contributed by atoms with Crippen molar-refractivity contribution in [1.29, 1.82) is 0 Å². The van der Waals surface area contributed by atoms with Gasteiger partial charge in [-0.15, -0.1) is 0 Å². The lowest BCUT2D eigenvalue weighted by molar-refractivity contribution is -0.128. The van der Waals surface area contributed by atoms with E-state index in [1.54, 1.807) is 11.3 Å². The van der Waals surface area contributed by atoms with E-state index in [1.807, 2.05) is 5.38 Å². The summed E-state index contributed by atoms with van der Waals surface area (Å²) in [6, 6.07) is 2.35. The van der Waals surface area contributed by atoms with Crippen LogP contribution in [0.5, 0.6) is 0 Å². The summed E-state index contributed by atoms with van der Waals surface area (Å²) in [5, 5.41) is 6.91. The molecule has 1 aromatic heterocycles. The molecule has 1 aromatic rings. The first-order valence-electron chi connectivity index (χ1n) is 3.18. The van der Waals surface area contributed by atoms with Gasteiger partial charge in [-0.3, -0.25) is 4.79 Å². The second kappa shape index (κ2) is 2.09. The van der Waals surface area contributed by atoms with Crippen molar-refractivity contribution in [3.8, 4) is 0 Å². The number of carbonyl (C=O) groups excluding carboxylic acids is 1. The van der Waals surface area contributed by atoms with E-state index in [4.69, 9.17) is 0 Å². The number of hydrogen-bond acceptors (Lipinski definition) is 2. The van der Waals surface area contributed by atoms with Crippen molar-refractivity contribution >= 4 is 17.2 Å². The lowest BCUT2D eigenvalue weighted by atomic mass is 10.0. The zero-order valence-electron chi connectivity index (χ0n) is 5.33. The largest absolute Gasteiger partial charge is 0.349 e. The molecule has 1 amide bonds. The van der Waals surface area contributed by atoms with E-state index < -0.39 is 0 Å². The second-order valence-electron chi connectivity index (χ2n) is 2.38. The van der Waals surface area contributed by atoms with E-state index in [2.05, 4.69) is 16.8 Å². The summed E-state index contributed by atoms with van der Waals surface area (Å²) in [6.07, 6.45) is 0.663. The number of amides is 1. The van der Waals surface area contributed by atoms with Crippen molar-refractivity contribution in [1.82, 2.24) is 5.32 Å². The summed E-state index contributed by atoms with van der Waals surface area (Å²) in [6.45, 7) is 0. The lowest BCUT2D eigenvalue weighted by Gasteiger charge is -2.25. The minimum Gasteiger partial charge on any atom is -0.349 e. The highest BCUT2D eigenvalue weighted by Gasteiger charge is 2.26. The molecule has 10 heavy (non-hydrogen) atoms. The number of carbonyl (C=O) groups is 1. The summed E-state index contributed by atoms with van der Waals surface area (Å²) in [7, 11) is 0. The normalized spacial score (nSPS) is 23.6. The first-order valence-corrected chi connectivity index (χ1v) is 4.12. The maximum Gasteiger partial charge on any atom is 0.222 e. The second-order valence-corrected chi connectivity index (χ2v) is 3.16. The highest BCUT2D eigenvalue weighted by molar-refractivity contribution is 7.08. The number of rotatable bonds is 1. The fourth-order valence-electron chi connectivity index (χ4n) is 1.03. The summed E-state index contributed by atoms with van der Waals surface area (Å²) in [4.78, 5) is 10.5. The molecule has 1 unspecified atom stereocenters. The Balaban J connectivity index is 2.10. The third-order valence-corrected chi connectivity index (χ3v) is 2.37. The molecule has 1 aliphatic heterocycles. The Bertz CT molecular complexity index is 234. The van der Waals surface area contributed by atoms with E-state index >= 15 is 0 Å². The maximum atomic E-state index is 10.5. The average Bonchev–Trinajstić information content (AvgIpc) is 2.31. The van der Waals surface area contributed by atoms with Crippen molar-refractivity contribution in [2.45, 2.75) is 12.5 Å². The van der Waals surface area contributed by atoms with Gasteiger partial charge in [-0.25, -0.2) is 0 Å². The summed E-state index contributed by atoms with van der Waals surface area (Å²) in [5.41, 5.74) is 1.24. The van der Waals surface area contributed by atoms with Crippen LogP contribution in [0.25, 0.3) is 0 Å². The minimum atomic E-state index is 0.163. The van der Waals surface area contributed by atoms with Crippen LogP contribution in [0.4, 0.5) is 0 Å². The van der Waals surface area contributed by atoms with Crippen LogP contribution in [0.3, 0.4) is 0 Å². The molecular weight excluding hydrogens is 146 g/mol. The summed E-state index contributed by atoms with van der Waals surface area (Å²) >= 11 is 1.67. The van der Waals surface area contributed by atoms with Crippen molar-refractivity contribution in [2.24, 2.45) is 0 Å². The predicted molar refractivity (Wildman–Crippen MR) is 39.8 cm³/mol. The smallest absolute Gasteiger partial charge is 0.222 e. The van der Waals surface area contributed by atoms with Crippen LogP contribution in [0.1, 0.15) is 18.0 Å². The molecule has 0 aromatic carbocycles. The SMILES string of the molecule is O=C1CC(c2ccsc2)N1. The molecule has 0 spiro atoms. The van der Waals surface area contributed by atoms with E-state index in [-0.39, 0.29) is 5.91 Å². The van der Waals surface area contributed by atoms with E-state index in [0.717, 1.165) is 0 Å². The molecule has 52 valence electrons. The van der Waals surface area contributed by atoms with Crippen LogP contribution in [-0.2, 0) is 4.79 Å². The standard InChI is InChI=1S/C7H7NOS/c9-7-3-6(8-7)5-1-2-10-4-5/h1-2,4,6H,3H2,(H,8,9). The zero-order chi connectivity index (χ0) is 6.97. The van der Waals surface area contributed by atoms with Crippen LogP contribution in [0.2, 0.25) is 0 Å². The third-order valence-electron chi connectivity index (χ3n) is 1.67. The van der Waals surface area contributed by atoms with Gasteiger partial charge in [0, 0.05) is 0 Å². The third kappa shape index (κ3) is 0.827. The number of β-lactam (4-membered cyclic amide) rings is 1. The molecular formula is C7H7NOS.